The number of phenols is 1. The predicted molar refractivity (Wildman–Crippen MR) is 80.1 cm³/mol. The maximum atomic E-state index is 10.2. The lowest BCUT2D eigenvalue weighted by molar-refractivity contribution is 0.448. The van der Waals surface area contributed by atoms with Crippen LogP contribution in [0.4, 0.5) is 0 Å². The topological polar surface area (TPSA) is 20.2 Å². The zero-order valence-corrected chi connectivity index (χ0v) is 11.8. The molecule has 19 heavy (non-hydrogen) atoms. The highest BCUT2D eigenvalue weighted by atomic mass is 16.3. The Morgan fingerprint density at radius 2 is 1.47 bits per heavy atom. The van der Waals surface area contributed by atoms with Gasteiger partial charge in [-0.05, 0) is 18.6 Å². The van der Waals surface area contributed by atoms with Gasteiger partial charge in [-0.3, -0.25) is 0 Å². The first-order valence-electron chi connectivity index (χ1n) is 6.74. The van der Waals surface area contributed by atoms with Crippen molar-refractivity contribution in [3.05, 3.63) is 71.6 Å². The Balaban J connectivity index is 2.50. The van der Waals surface area contributed by atoms with E-state index in [-0.39, 0.29) is 5.92 Å². The third kappa shape index (κ3) is 2.93. The molecule has 1 heteroatoms. The van der Waals surface area contributed by atoms with E-state index in [0.717, 1.165) is 5.56 Å². The van der Waals surface area contributed by atoms with Gasteiger partial charge in [0.15, 0.2) is 0 Å². The Hall–Kier alpha value is -1.89. The van der Waals surface area contributed by atoms with E-state index in [9.17, 15) is 5.11 Å². The molecule has 2 aromatic rings. The molecule has 0 saturated heterocycles. The van der Waals surface area contributed by atoms with Crippen molar-refractivity contribution >= 4 is 0 Å². The highest BCUT2D eigenvalue weighted by molar-refractivity contribution is 5.42. The van der Waals surface area contributed by atoms with Crippen molar-refractivity contribution in [3.63, 3.8) is 0 Å². The van der Waals surface area contributed by atoms with Crippen LogP contribution in [-0.2, 0) is 0 Å². The first kappa shape index (κ1) is 13.5. The summed E-state index contributed by atoms with van der Waals surface area (Å²) in [6.07, 6.45) is 0. The van der Waals surface area contributed by atoms with Crippen LogP contribution in [-0.4, -0.2) is 5.11 Å². The van der Waals surface area contributed by atoms with Gasteiger partial charge in [0.1, 0.15) is 11.7 Å². The lowest BCUT2D eigenvalue weighted by Gasteiger charge is -2.22. The second-order valence-electron chi connectivity index (χ2n) is 5.31. The fourth-order valence-electron chi connectivity index (χ4n) is 2.48. The van der Waals surface area contributed by atoms with Crippen LogP contribution < -0.4 is 0 Å². The molecular weight excluding hydrogens is 232 g/mol. The number of aromatic hydroxyl groups is 1. The van der Waals surface area contributed by atoms with E-state index in [1.54, 1.807) is 6.07 Å². The predicted octanol–water partition coefficient (Wildman–Crippen LogP) is 4.77. The van der Waals surface area contributed by atoms with Crippen LogP contribution in [0.5, 0.6) is 5.75 Å². The molecule has 0 aliphatic heterocycles. The molecule has 2 rings (SSSR count). The van der Waals surface area contributed by atoms with Crippen LogP contribution in [0.2, 0.25) is 0 Å². The maximum absolute atomic E-state index is 10.2. The molecule has 0 aliphatic rings. The van der Waals surface area contributed by atoms with Crippen molar-refractivity contribution < 1.29 is 5.11 Å². The third-order valence-electron chi connectivity index (χ3n) is 3.84. The number of benzene rings is 2. The van der Waals surface area contributed by atoms with Gasteiger partial charge >= 0.3 is 0 Å². The third-order valence-corrected chi connectivity index (χ3v) is 3.84. The van der Waals surface area contributed by atoms with Crippen molar-refractivity contribution in [2.45, 2.75) is 26.7 Å². The first-order chi connectivity index (χ1) is 9.11. The first-order valence-corrected chi connectivity index (χ1v) is 6.74. The highest BCUT2D eigenvalue weighted by Gasteiger charge is 2.31. The van der Waals surface area contributed by atoms with Crippen molar-refractivity contribution in [3.8, 4) is 5.75 Å². The minimum Gasteiger partial charge on any atom is -0.508 e. The standard InChI is InChI=1S/C18H20O/c1-13(2)14(3)18(15-9-5-4-6-10-15)16-11-7-8-12-17(16)19/h4-12,14,18H,1-3H3/p+1. The fourth-order valence-corrected chi connectivity index (χ4v) is 2.48. The molecule has 0 fully saturated rings. The van der Waals surface area contributed by atoms with Crippen LogP contribution in [0, 0.1) is 11.8 Å². The number of para-hydroxylation sites is 1. The van der Waals surface area contributed by atoms with Crippen LogP contribution in [0.1, 0.15) is 37.8 Å². The zero-order chi connectivity index (χ0) is 13.8. The summed E-state index contributed by atoms with van der Waals surface area (Å²) in [5, 5.41) is 10.2. The second-order valence-corrected chi connectivity index (χ2v) is 5.31. The van der Waals surface area contributed by atoms with E-state index in [0.29, 0.717) is 11.7 Å². The molecular formula is C18H21O+. The van der Waals surface area contributed by atoms with Crippen LogP contribution in [0.15, 0.2) is 54.6 Å². The average molecular weight is 253 g/mol. The molecule has 0 radical (unpaired) electrons. The molecule has 1 N–H and O–H groups in total. The van der Waals surface area contributed by atoms with E-state index in [2.05, 4.69) is 45.0 Å². The molecule has 2 atom stereocenters. The SMILES string of the molecule is C[C+](C)C(C)C(c1ccccc1)c1ccccc1O. The Bertz CT molecular complexity index is 516. The smallest absolute Gasteiger partial charge is 0.119 e. The maximum Gasteiger partial charge on any atom is 0.119 e. The van der Waals surface area contributed by atoms with Crippen molar-refractivity contribution in [2.75, 3.05) is 0 Å². The Kier molecular flexibility index (Phi) is 4.16. The van der Waals surface area contributed by atoms with E-state index >= 15 is 0 Å². The van der Waals surface area contributed by atoms with Crippen LogP contribution in [0.3, 0.4) is 0 Å². The van der Waals surface area contributed by atoms with E-state index in [1.807, 2.05) is 24.3 Å². The van der Waals surface area contributed by atoms with Crippen molar-refractivity contribution in [1.82, 2.24) is 0 Å². The number of rotatable bonds is 4. The Morgan fingerprint density at radius 3 is 2.05 bits per heavy atom. The second kappa shape index (κ2) is 5.83. The van der Waals surface area contributed by atoms with Gasteiger partial charge in [-0.2, -0.15) is 0 Å². The monoisotopic (exact) mass is 253 g/mol. The van der Waals surface area contributed by atoms with E-state index < -0.39 is 0 Å². The molecule has 2 unspecified atom stereocenters. The van der Waals surface area contributed by atoms with Crippen LogP contribution >= 0.6 is 0 Å². The summed E-state index contributed by atoms with van der Waals surface area (Å²) in [5.41, 5.74) is 2.25. The summed E-state index contributed by atoms with van der Waals surface area (Å²) in [6.45, 7) is 6.53. The lowest BCUT2D eigenvalue weighted by Crippen LogP contribution is -2.15. The average Bonchev–Trinajstić information content (AvgIpc) is 2.42. The van der Waals surface area contributed by atoms with Gasteiger partial charge in [0.25, 0.3) is 0 Å². The van der Waals surface area contributed by atoms with Gasteiger partial charge in [0.05, 0.1) is 25.7 Å². The molecule has 0 aliphatic carbocycles. The number of phenolic OH excluding ortho intramolecular Hbond substituents is 1. The summed E-state index contributed by atoms with van der Waals surface area (Å²) in [7, 11) is 0. The largest absolute Gasteiger partial charge is 0.508 e. The lowest BCUT2D eigenvalue weighted by atomic mass is 9.76. The highest BCUT2D eigenvalue weighted by Crippen LogP contribution is 2.40. The molecule has 0 bridgehead atoms. The molecule has 0 heterocycles. The summed E-state index contributed by atoms with van der Waals surface area (Å²) >= 11 is 0. The summed E-state index contributed by atoms with van der Waals surface area (Å²) < 4.78 is 0. The quantitative estimate of drug-likeness (QED) is 0.778. The molecule has 2 aromatic carbocycles. The molecule has 0 aromatic heterocycles. The van der Waals surface area contributed by atoms with Gasteiger partial charge in [-0.1, -0.05) is 48.5 Å². The van der Waals surface area contributed by atoms with Gasteiger partial charge in [-0.15, -0.1) is 0 Å². The van der Waals surface area contributed by atoms with Gasteiger partial charge in [-0.25, -0.2) is 0 Å². The summed E-state index contributed by atoms with van der Waals surface area (Å²) in [6, 6.07) is 18.1. The van der Waals surface area contributed by atoms with E-state index in [4.69, 9.17) is 0 Å². The van der Waals surface area contributed by atoms with Gasteiger partial charge in [0.2, 0.25) is 0 Å². The number of hydrogen-bond donors (Lipinski definition) is 1. The molecule has 0 spiro atoms. The molecule has 98 valence electrons. The minimum atomic E-state index is 0.201. The normalized spacial score (nSPS) is 13.8. The van der Waals surface area contributed by atoms with Gasteiger partial charge in [0, 0.05) is 5.56 Å². The summed E-state index contributed by atoms with van der Waals surface area (Å²) in [4.78, 5) is 0. The van der Waals surface area contributed by atoms with Gasteiger partial charge < -0.3 is 5.11 Å². The van der Waals surface area contributed by atoms with E-state index in [1.165, 1.54) is 11.5 Å². The minimum absolute atomic E-state index is 0.201. The molecule has 0 amide bonds. The molecule has 1 nitrogen and oxygen atoms in total. The Labute approximate surface area is 115 Å². The van der Waals surface area contributed by atoms with Crippen LogP contribution in [0.25, 0.3) is 0 Å². The fraction of sp³-hybridized carbons (Fsp3) is 0.278. The number of hydrogen-bond acceptors (Lipinski definition) is 1. The Morgan fingerprint density at radius 1 is 0.895 bits per heavy atom. The summed E-state index contributed by atoms with van der Waals surface area (Å²) in [5.74, 6) is 2.34. The van der Waals surface area contributed by atoms with Crippen molar-refractivity contribution in [2.24, 2.45) is 5.92 Å². The van der Waals surface area contributed by atoms with Crippen molar-refractivity contribution in [1.29, 1.82) is 0 Å². The molecule has 0 saturated carbocycles. The zero-order valence-electron chi connectivity index (χ0n) is 11.8.